The van der Waals surface area contributed by atoms with Crippen LogP contribution in [0, 0.1) is 11.7 Å². The van der Waals surface area contributed by atoms with E-state index >= 15 is 0 Å². The van der Waals surface area contributed by atoms with Crippen LogP contribution in [0.5, 0.6) is 0 Å². The Hall–Kier alpha value is -2.85. The number of halogens is 7. The molecule has 186 valence electrons. The van der Waals surface area contributed by atoms with Gasteiger partial charge in [0.15, 0.2) is 0 Å². The van der Waals surface area contributed by atoms with E-state index in [-0.39, 0.29) is 24.9 Å². The third-order valence-electron chi connectivity index (χ3n) is 5.65. The molecule has 1 amide bonds. The lowest BCUT2D eigenvalue weighted by Crippen LogP contribution is -2.49. The van der Waals surface area contributed by atoms with Crippen molar-refractivity contribution in [3.8, 4) is 0 Å². The van der Waals surface area contributed by atoms with Crippen LogP contribution in [0.15, 0.2) is 36.4 Å². The van der Waals surface area contributed by atoms with E-state index in [0.717, 1.165) is 25.0 Å². The molecule has 1 aliphatic carbocycles. The van der Waals surface area contributed by atoms with E-state index < -0.39 is 47.2 Å². The number of alkyl halides is 6. The molecule has 1 unspecified atom stereocenters. The summed E-state index contributed by atoms with van der Waals surface area (Å²) in [6.45, 7) is 1.72. The lowest BCUT2D eigenvalue weighted by atomic mass is 10.0. The topological polar surface area (TPSA) is 36.4 Å². The molecule has 0 spiro atoms. The molecular formula is C23H24F7N3O. The van der Waals surface area contributed by atoms with Crippen LogP contribution >= 0.6 is 0 Å². The fourth-order valence-electron chi connectivity index (χ4n) is 3.69. The van der Waals surface area contributed by atoms with Gasteiger partial charge >= 0.3 is 12.4 Å². The summed E-state index contributed by atoms with van der Waals surface area (Å²) < 4.78 is 93.8. The number of carbonyl (C=O) groups is 1. The maximum Gasteiger partial charge on any atom is 0.433 e. The van der Waals surface area contributed by atoms with Crippen LogP contribution in [-0.2, 0) is 17.1 Å². The van der Waals surface area contributed by atoms with E-state index in [2.05, 4.69) is 4.98 Å². The van der Waals surface area contributed by atoms with E-state index in [1.54, 1.807) is 6.92 Å². The molecule has 1 aromatic carbocycles. The maximum atomic E-state index is 13.5. The molecular weight excluding hydrogens is 467 g/mol. The fraction of sp³-hybridized carbons (Fsp3) is 0.478. The highest BCUT2D eigenvalue weighted by Crippen LogP contribution is 2.39. The van der Waals surface area contributed by atoms with Gasteiger partial charge in [0.05, 0.1) is 5.56 Å². The van der Waals surface area contributed by atoms with Crippen molar-refractivity contribution in [2.75, 3.05) is 23.4 Å². The average Bonchev–Trinajstić information content (AvgIpc) is 3.58. The highest BCUT2D eigenvalue weighted by atomic mass is 19.4. The molecule has 0 aliphatic heterocycles. The number of nitrogens with zero attached hydrogens (tertiary/aromatic N) is 3. The quantitative estimate of drug-likeness (QED) is 0.407. The van der Waals surface area contributed by atoms with E-state index in [0.29, 0.717) is 18.2 Å². The number of hydrogen-bond donors (Lipinski definition) is 0. The smallest absolute Gasteiger partial charge is 0.345 e. The van der Waals surface area contributed by atoms with Gasteiger partial charge in [-0.25, -0.2) is 9.37 Å². The van der Waals surface area contributed by atoms with Crippen LogP contribution in [0.1, 0.15) is 43.9 Å². The Balaban J connectivity index is 2.07. The van der Waals surface area contributed by atoms with Gasteiger partial charge in [0, 0.05) is 19.3 Å². The van der Waals surface area contributed by atoms with Crippen molar-refractivity contribution < 1.29 is 35.5 Å². The number of aromatic nitrogens is 1. The van der Waals surface area contributed by atoms with Gasteiger partial charge < -0.3 is 9.80 Å². The zero-order valence-corrected chi connectivity index (χ0v) is 18.5. The molecule has 3 rings (SSSR count). The first-order valence-electron chi connectivity index (χ1n) is 10.8. The normalized spacial score (nSPS) is 15.2. The first kappa shape index (κ1) is 25.8. The van der Waals surface area contributed by atoms with Gasteiger partial charge in [-0.2, -0.15) is 26.3 Å². The summed E-state index contributed by atoms with van der Waals surface area (Å²) in [5.41, 5.74) is -2.82. The van der Waals surface area contributed by atoms with E-state index in [4.69, 9.17) is 0 Å². The first-order chi connectivity index (χ1) is 15.8. The van der Waals surface area contributed by atoms with Gasteiger partial charge in [-0.1, -0.05) is 19.8 Å². The van der Waals surface area contributed by atoms with E-state index in [9.17, 15) is 35.5 Å². The number of likely N-dealkylation sites (N-methyl/N-ethyl adjacent to an activating group) is 1. The molecule has 1 aromatic heterocycles. The van der Waals surface area contributed by atoms with Crippen LogP contribution in [0.3, 0.4) is 0 Å². The van der Waals surface area contributed by atoms with Gasteiger partial charge in [0.1, 0.15) is 23.4 Å². The van der Waals surface area contributed by atoms with Gasteiger partial charge in [0.2, 0.25) is 5.91 Å². The minimum Gasteiger partial charge on any atom is -0.345 e. The number of benzene rings is 1. The third-order valence-corrected chi connectivity index (χ3v) is 5.65. The summed E-state index contributed by atoms with van der Waals surface area (Å²) in [5.74, 6) is -1.47. The maximum absolute atomic E-state index is 13.5. The summed E-state index contributed by atoms with van der Waals surface area (Å²) in [6.07, 6.45) is -7.90. The Morgan fingerprint density at radius 2 is 1.68 bits per heavy atom. The molecule has 1 aliphatic rings. The minimum absolute atomic E-state index is 0.0198. The van der Waals surface area contributed by atoms with Gasteiger partial charge in [0.25, 0.3) is 0 Å². The average molecular weight is 491 g/mol. The lowest BCUT2D eigenvalue weighted by molar-refractivity contribution is -0.145. The second kappa shape index (κ2) is 9.79. The van der Waals surface area contributed by atoms with Gasteiger partial charge in [-0.05, 0) is 55.2 Å². The highest BCUT2D eigenvalue weighted by molar-refractivity contribution is 5.98. The summed E-state index contributed by atoms with van der Waals surface area (Å²) in [6, 6.07) is 4.53. The predicted octanol–water partition coefficient (Wildman–Crippen LogP) is 6.31. The lowest BCUT2D eigenvalue weighted by Gasteiger charge is -2.35. The summed E-state index contributed by atoms with van der Waals surface area (Å²) in [7, 11) is 1.43. The monoisotopic (exact) mass is 491 g/mol. The van der Waals surface area contributed by atoms with Crippen molar-refractivity contribution in [2.45, 2.75) is 51.0 Å². The summed E-state index contributed by atoms with van der Waals surface area (Å²) in [5, 5.41) is 0. The fourth-order valence-corrected chi connectivity index (χ4v) is 3.69. The molecule has 0 radical (unpaired) electrons. The minimum atomic E-state index is -5.10. The van der Waals surface area contributed by atoms with E-state index in [1.165, 1.54) is 29.0 Å². The molecule has 1 saturated carbocycles. The summed E-state index contributed by atoms with van der Waals surface area (Å²) >= 11 is 0. The molecule has 34 heavy (non-hydrogen) atoms. The molecule has 11 heteroatoms. The van der Waals surface area contributed by atoms with Crippen molar-refractivity contribution in [3.05, 3.63) is 53.5 Å². The van der Waals surface area contributed by atoms with Crippen molar-refractivity contribution >= 4 is 17.4 Å². The Kier molecular flexibility index (Phi) is 7.42. The molecule has 0 bridgehead atoms. The van der Waals surface area contributed by atoms with Gasteiger partial charge in [-0.15, -0.1) is 0 Å². The molecule has 2 aromatic rings. The zero-order chi connectivity index (χ0) is 25.3. The molecule has 1 atom stereocenters. The second-order valence-electron chi connectivity index (χ2n) is 8.36. The molecule has 1 heterocycles. The van der Waals surface area contributed by atoms with Crippen molar-refractivity contribution in [3.63, 3.8) is 0 Å². The molecule has 0 saturated heterocycles. The predicted molar refractivity (Wildman–Crippen MR) is 113 cm³/mol. The van der Waals surface area contributed by atoms with Crippen LogP contribution < -0.4 is 9.80 Å². The number of pyridine rings is 1. The Bertz CT molecular complexity index is 969. The Morgan fingerprint density at radius 1 is 1.06 bits per heavy atom. The number of rotatable bonds is 8. The van der Waals surface area contributed by atoms with Crippen LogP contribution in [0.2, 0.25) is 0 Å². The number of anilines is 2. The van der Waals surface area contributed by atoms with Crippen LogP contribution in [-0.4, -0.2) is 30.5 Å². The zero-order valence-electron chi connectivity index (χ0n) is 18.5. The van der Waals surface area contributed by atoms with Crippen LogP contribution in [0.4, 0.5) is 42.2 Å². The standard InChI is InChI=1S/C23H24F7N3O/c1-3-10-33(20-13-15(22(25,26)27)12-19(31-20)23(28,29)30)18(11-14-4-5-14)21(34)32(2)17-8-6-16(24)7-9-17/h6-9,12-14,18H,3-5,10-11H2,1-2H3. The first-order valence-corrected chi connectivity index (χ1v) is 10.8. The third kappa shape index (κ3) is 6.18. The Labute approximate surface area is 192 Å². The van der Waals surface area contributed by atoms with Crippen molar-refractivity contribution in [1.82, 2.24) is 4.98 Å². The van der Waals surface area contributed by atoms with Crippen molar-refractivity contribution in [2.24, 2.45) is 5.92 Å². The number of carbonyl (C=O) groups excluding carboxylic acids is 1. The Morgan fingerprint density at radius 3 is 2.18 bits per heavy atom. The van der Waals surface area contributed by atoms with Crippen molar-refractivity contribution in [1.29, 1.82) is 0 Å². The second-order valence-corrected chi connectivity index (χ2v) is 8.36. The largest absolute Gasteiger partial charge is 0.433 e. The molecule has 4 nitrogen and oxygen atoms in total. The SMILES string of the molecule is CCCN(c1cc(C(F)(F)F)cc(C(F)(F)F)n1)C(CC1CC1)C(=O)N(C)c1ccc(F)cc1. The van der Waals surface area contributed by atoms with Crippen LogP contribution in [0.25, 0.3) is 0 Å². The van der Waals surface area contributed by atoms with Gasteiger partial charge in [-0.3, -0.25) is 4.79 Å². The molecule has 1 fully saturated rings. The molecule has 0 N–H and O–H groups in total. The van der Waals surface area contributed by atoms with E-state index in [1.807, 2.05) is 0 Å². The summed E-state index contributed by atoms with van der Waals surface area (Å²) in [4.78, 5) is 19.4. The number of hydrogen-bond acceptors (Lipinski definition) is 3. The highest BCUT2D eigenvalue weighted by Gasteiger charge is 2.41. The number of amides is 1.